The van der Waals surface area contributed by atoms with Crippen LogP contribution in [0.4, 0.5) is 0 Å². The van der Waals surface area contributed by atoms with E-state index >= 15 is 0 Å². The minimum atomic E-state index is -0.838. The molecule has 2 aliphatic heterocycles. The third kappa shape index (κ3) is 1.29. The molecule has 0 aromatic heterocycles. The number of hydrogen-bond acceptors (Lipinski definition) is 2. The van der Waals surface area contributed by atoms with Gasteiger partial charge in [-0.05, 0) is 31.6 Å². The van der Waals surface area contributed by atoms with Crippen LogP contribution in [0.25, 0.3) is 0 Å². The number of fused-ring (bicyclic) bond motifs is 3. The van der Waals surface area contributed by atoms with Gasteiger partial charge in [0.1, 0.15) is 6.04 Å². The van der Waals surface area contributed by atoms with Crippen LogP contribution < -0.4 is 0 Å². The lowest BCUT2D eigenvalue weighted by Gasteiger charge is -2.49. The first-order chi connectivity index (χ1) is 6.61. The largest absolute Gasteiger partial charge is 0.480 e. The summed E-state index contributed by atoms with van der Waals surface area (Å²) in [5, 5.41) is 9.09. The summed E-state index contributed by atoms with van der Waals surface area (Å²) in [7, 11) is 0. The Morgan fingerprint density at radius 1 is 1.21 bits per heavy atom. The molecule has 1 atom stereocenters. The number of carbonyl (C=O) groups excluding carboxylic acids is 1. The highest BCUT2D eigenvalue weighted by molar-refractivity contribution is 5.83. The normalized spacial score (nSPS) is 35.8. The van der Waals surface area contributed by atoms with E-state index in [1.54, 1.807) is 4.90 Å². The molecule has 0 spiro atoms. The van der Waals surface area contributed by atoms with Crippen LogP contribution in [-0.2, 0) is 9.59 Å². The molecule has 2 saturated heterocycles. The number of carboxylic acids is 1. The molecule has 0 radical (unpaired) electrons. The van der Waals surface area contributed by atoms with Gasteiger partial charge in [0.25, 0.3) is 0 Å². The molecular formula is C10H15NO3. The highest BCUT2D eigenvalue weighted by Gasteiger charge is 2.46. The third-order valence-electron chi connectivity index (χ3n) is 3.50. The van der Waals surface area contributed by atoms with Crippen LogP contribution in [0.3, 0.4) is 0 Å². The van der Waals surface area contributed by atoms with E-state index in [1.807, 2.05) is 0 Å². The van der Waals surface area contributed by atoms with Crippen LogP contribution in [0, 0.1) is 5.92 Å². The van der Waals surface area contributed by atoms with Gasteiger partial charge in [-0.1, -0.05) is 0 Å². The molecule has 3 rings (SSSR count). The van der Waals surface area contributed by atoms with Gasteiger partial charge in [-0.3, -0.25) is 4.79 Å². The molecule has 0 unspecified atom stereocenters. The summed E-state index contributed by atoms with van der Waals surface area (Å²) in [6, 6.07) is -0.376. The van der Waals surface area contributed by atoms with Crippen molar-refractivity contribution in [2.24, 2.45) is 5.92 Å². The lowest BCUT2D eigenvalue weighted by molar-refractivity contribution is -0.161. The smallest absolute Gasteiger partial charge is 0.326 e. The van der Waals surface area contributed by atoms with Gasteiger partial charge < -0.3 is 10.0 Å². The molecule has 0 aromatic carbocycles. The van der Waals surface area contributed by atoms with Crippen LogP contribution in [0.2, 0.25) is 0 Å². The molecule has 1 aliphatic carbocycles. The van der Waals surface area contributed by atoms with Crippen molar-refractivity contribution in [3.63, 3.8) is 0 Å². The fourth-order valence-corrected chi connectivity index (χ4v) is 2.92. The zero-order chi connectivity index (χ0) is 10.3. The Balaban J connectivity index is 2.27. The highest BCUT2D eigenvalue weighted by Crippen LogP contribution is 2.39. The summed E-state index contributed by atoms with van der Waals surface area (Å²) in [6.07, 6.45) is 3.89. The Morgan fingerprint density at radius 2 is 1.79 bits per heavy atom. The highest BCUT2D eigenvalue weighted by atomic mass is 16.4. The van der Waals surface area contributed by atoms with Gasteiger partial charge in [0.15, 0.2) is 0 Å². The van der Waals surface area contributed by atoms with E-state index in [0.717, 1.165) is 25.7 Å². The molecule has 3 aliphatic rings. The zero-order valence-electron chi connectivity index (χ0n) is 8.27. The number of piperidine rings is 2. The predicted octanol–water partition coefficient (Wildman–Crippen LogP) is 0.861. The number of amides is 1. The van der Waals surface area contributed by atoms with Gasteiger partial charge in [0.2, 0.25) is 5.91 Å². The van der Waals surface area contributed by atoms with Crippen LogP contribution in [0.5, 0.6) is 0 Å². The van der Waals surface area contributed by atoms with Crippen molar-refractivity contribution < 1.29 is 14.7 Å². The number of aliphatic carboxylic acids is 1. The monoisotopic (exact) mass is 197 g/mol. The third-order valence-corrected chi connectivity index (χ3v) is 3.50. The summed E-state index contributed by atoms with van der Waals surface area (Å²) >= 11 is 0. The Bertz CT molecular complexity index is 241. The van der Waals surface area contributed by atoms with Crippen molar-refractivity contribution in [1.82, 2.24) is 4.90 Å². The van der Waals surface area contributed by atoms with Crippen molar-refractivity contribution >= 4 is 11.9 Å². The molecule has 4 heteroatoms. The fraction of sp³-hybridized carbons (Fsp3) is 0.800. The molecular weight excluding hydrogens is 182 g/mol. The maximum absolute atomic E-state index is 11.4. The summed E-state index contributed by atoms with van der Waals surface area (Å²) in [6.45, 7) is 1.47. The lowest BCUT2D eigenvalue weighted by Crippen LogP contribution is -2.59. The molecule has 2 heterocycles. The Labute approximate surface area is 82.9 Å². The predicted molar refractivity (Wildman–Crippen MR) is 49.7 cm³/mol. The van der Waals surface area contributed by atoms with E-state index in [-0.39, 0.29) is 17.9 Å². The summed E-state index contributed by atoms with van der Waals surface area (Å²) < 4.78 is 0. The van der Waals surface area contributed by atoms with E-state index in [0.29, 0.717) is 0 Å². The van der Waals surface area contributed by atoms with Gasteiger partial charge >= 0.3 is 5.97 Å². The molecule has 1 N–H and O–H groups in total. The minimum Gasteiger partial charge on any atom is -0.480 e. The lowest BCUT2D eigenvalue weighted by atomic mass is 9.74. The first-order valence-electron chi connectivity index (χ1n) is 5.13. The number of carbonyl (C=O) groups is 2. The number of nitrogens with zero attached hydrogens (tertiary/aromatic N) is 1. The summed E-state index contributed by atoms with van der Waals surface area (Å²) in [5.41, 5.74) is 0. The van der Waals surface area contributed by atoms with Gasteiger partial charge in [0, 0.05) is 13.0 Å². The minimum absolute atomic E-state index is 0.0909. The van der Waals surface area contributed by atoms with Crippen LogP contribution in [-0.4, -0.2) is 34.0 Å². The van der Waals surface area contributed by atoms with Crippen molar-refractivity contribution in [1.29, 1.82) is 0 Å². The van der Waals surface area contributed by atoms with Gasteiger partial charge in [-0.15, -0.1) is 0 Å². The van der Waals surface area contributed by atoms with Crippen LogP contribution in [0.15, 0.2) is 0 Å². The van der Waals surface area contributed by atoms with Crippen LogP contribution in [0.1, 0.15) is 32.6 Å². The average molecular weight is 197 g/mol. The second-order valence-corrected chi connectivity index (χ2v) is 4.28. The second-order valence-electron chi connectivity index (χ2n) is 4.28. The molecule has 14 heavy (non-hydrogen) atoms. The Hall–Kier alpha value is -1.06. The van der Waals surface area contributed by atoms with Crippen molar-refractivity contribution in [2.45, 2.75) is 44.7 Å². The van der Waals surface area contributed by atoms with E-state index in [9.17, 15) is 9.59 Å². The topological polar surface area (TPSA) is 57.6 Å². The fourth-order valence-electron chi connectivity index (χ4n) is 2.92. The van der Waals surface area contributed by atoms with E-state index in [2.05, 4.69) is 0 Å². The molecule has 1 saturated carbocycles. The summed E-state index contributed by atoms with van der Waals surface area (Å²) in [5.74, 6) is -0.747. The maximum Gasteiger partial charge on any atom is 0.326 e. The van der Waals surface area contributed by atoms with Crippen molar-refractivity contribution in [3.05, 3.63) is 0 Å². The standard InChI is InChI=1S/C10H15NO3/c1-6(12)11-8-4-2-7(3-5-8)9(11)10(13)14/h7-9H,2-5H2,1H3,(H,13,14)/t7?,8?,9-/m0/s1. The van der Waals surface area contributed by atoms with E-state index < -0.39 is 12.0 Å². The van der Waals surface area contributed by atoms with Gasteiger partial charge in [-0.2, -0.15) is 0 Å². The molecule has 0 aromatic rings. The molecule has 3 fully saturated rings. The van der Waals surface area contributed by atoms with E-state index in [4.69, 9.17) is 5.11 Å². The number of carboxylic acid groups (broad SMARTS) is 1. The molecule has 4 nitrogen and oxygen atoms in total. The first kappa shape index (κ1) is 9.49. The van der Waals surface area contributed by atoms with Crippen LogP contribution >= 0.6 is 0 Å². The SMILES string of the molecule is CC(=O)N1C2CCC(CC2)[C@H]1C(=O)O. The molecule has 2 bridgehead atoms. The summed E-state index contributed by atoms with van der Waals surface area (Å²) in [4.78, 5) is 24.0. The zero-order valence-corrected chi connectivity index (χ0v) is 8.27. The molecule has 78 valence electrons. The van der Waals surface area contributed by atoms with Crippen molar-refractivity contribution in [2.75, 3.05) is 0 Å². The van der Waals surface area contributed by atoms with E-state index in [1.165, 1.54) is 6.92 Å². The Morgan fingerprint density at radius 3 is 2.14 bits per heavy atom. The van der Waals surface area contributed by atoms with Gasteiger partial charge in [0.05, 0.1) is 0 Å². The quantitative estimate of drug-likeness (QED) is 0.678. The average Bonchev–Trinajstić information content (AvgIpc) is 2.17. The van der Waals surface area contributed by atoms with Crippen molar-refractivity contribution in [3.8, 4) is 0 Å². The first-order valence-corrected chi connectivity index (χ1v) is 5.13. The number of hydrogen-bond donors (Lipinski definition) is 1. The number of rotatable bonds is 1. The van der Waals surface area contributed by atoms with Gasteiger partial charge in [-0.25, -0.2) is 4.79 Å². The molecule has 1 amide bonds. The second kappa shape index (κ2) is 3.26. The maximum atomic E-state index is 11.4. The Kier molecular flexibility index (Phi) is 2.21.